The molecule has 0 fully saturated rings. The van der Waals surface area contributed by atoms with Crippen LogP contribution in [0, 0.1) is 6.92 Å². The molecule has 0 aliphatic carbocycles. The van der Waals surface area contributed by atoms with Crippen LogP contribution in [0.3, 0.4) is 0 Å². The number of aromatic nitrogens is 3. The van der Waals surface area contributed by atoms with Gasteiger partial charge in [-0.25, -0.2) is 0 Å². The molecule has 0 N–H and O–H groups in total. The van der Waals surface area contributed by atoms with E-state index in [0.717, 1.165) is 39.0 Å². The predicted octanol–water partition coefficient (Wildman–Crippen LogP) is 9.30. The summed E-state index contributed by atoms with van der Waals surface area (Å²) in [5.41, 5.74) is 13.3. The fraction of sp³-hybridized carbons (Fsp3) is 0.139. The second kappa shape index (κ2) is 9.92. The fourth-order valence-electron chi connectivity index (χ4n) is 5.27. The van der Waals surface area contributed by atoms with Crippen molar-refractivity contribution in [3.63, 3.8) is 0 Å². The van der Waals surface area contributed by atoms with Crippen molar-refractivity contribution < 1.29 is 0 Å². The van der Waals surface area contributed by atoms with Crippen LogP contribution in [-0.2, 0) is 5.41 Å². The highest BCUT2D eigenvalue weighted by molar-refractivity contribution is 6.01. The van der Waals surface area contributed by atoms with E-state index in [9.17, 15) is 0 Å². The van der Waals surface area contributed by atoms with Crippen molar-refractivity contribution in [3.05, 3.63) is 127 Å². The van der Waals surface area contributed by atoms with Gasteiger partial charge in [0.15, 0.2) is 0 Å². The Morgan fingerprint density at radius 3 is 1.90 bits per heavy atom. The van der Waals surface area contributed by atoms with Crippen LogP contribution in [0.1, 0.15) is 31.9 Å². The minimum Gasteiger partial charge on any atom is -0.256 e. The summed E-state index contributed by atoms with van der Waals surface area (Å²) >= 11 is 0. The molecule has 2 aromatic heterocycles. The minimum atomic E-state index is 0.0624. The molecule has 3 nitrogen and oxygen atoms in total. The maximum Gasteiger partial charge on any atom is 0.0971 e. The second-order valence-electron chi connectivity index (χ2n) is 11.0. The minimum absolute atomic E-state index is 0.0624. The van der Waals surface area contributed by atoms with E-state index in [0.29, 0.717) is 0 Å². The first-order valence-electron chi connectivity index (χ1n) is 13.4. The summed E-state index contributed by atoms with van der Waals surface area (Å²) in [6.07, 6.45) is 5.47. The monoisotopic (exact) mass is 505 g/mol. The van der Waals surface area contributed by atoms with Crippen molar-refractivity contribution in [2.24, 2.45) is 0 Å². The van der Waals surface area contributed by atoms with Gasteiger partial charge >= 0.3 is 0 Å². The van der Waals surface area contributed by atoms with E-state index in [4.69, 9.17) is 9.97 Å². The van der Waals surface area contributed by atoms with E-state index in [-0.39, 0.29) is 5.41 Å². The number of nitrogens with zero attached hydrogens (tertiary/aromatic N) is 3. The SMILES string of the molecule is Cc1c(-c2ccccc2)cccc1-c1ccc(-c2cccc(-c3cc(C(C)(C)C)ccn3)c2)c2nccnc12. The summed E-state index contributed by atoms with van der Waals surface area (Å²) < 4.78 is 0. The summed E-state index contributed by atoms with van der Waals surface area (Å²) in [6.45, 7) is 8.88. The molecule has 2 heterocycles. The molecule has 0 amide bonds. The van der Waals surface area contributed by atoms with Crippen LogP contribution in [-0.4, -0.2) is 15.0 Å². The lowest BCUT2D eigenvalue weighted by atomic mass is 9.86. The summed E-state index contributed by atoms with van der Waals surface area (Å²) in [4.78, 5) is 14.3. The van der Waals surface area contributed by atoms with Crippen molar-refractivity contribution in [1.29, 1.82) is 0 Å². The molecule has 190 valence electrons. The van der Waals surface area contributed by atoms with E-state index in [2.05, 4.69) is 130 Å². The van der Waals surface area contributed by atoms with Crippen LogP contribution >= 0.6 is 0 Å². The van der Waals surface area contributed by atoms with E-state index >= 15 is 0 Å². The number of benzene rings is 4. The van der Waals surface area contributed by atoms with Crippen LogP contribution in [0.4, 0.5) is 0 Å². The molecule has 0 aliphatic heterocycles. The molecule has 0 atom stereocenters. The van der Waals surface area contributed by atoms with Gasteiger partial charge in [0, 0.05) is 35.3 Å². The number of rotatable bonds is 4. The lowest BCUT2D eigenvalue weighted by molar-refractivity contribution is 0.589. The zero-order valence-corrected chi connectivity index (χ0v) is 22.8. The number of hydrogen-bond donors (Lipinski definition) is 0. The zero-order chi connectivity index (χ0) is 27.0. The predicted molar refractivity (Wildman–Crippen MR) is 163 cm³/mol. The Kier molecular flexibility index (Phi) is 6.28. The molecule has 0 saturated carbocycles. The van der Waals surface area contributed by atoms with E-state index < -0.39 is 0 Å². The van der Waals surface area contributed by atoms with Gasteiger partial charge in [-0.15, -0.1) is 0 Å². The Morgan fingerprint density at radius 1 is 0.487 bits per heavy atom. The van der Waals surface area contributed by atoms with E-state index in [1.54, 1.807) is 12.4 Å². The van der Waals surface area contributed by atoms with Crippen LogP contribution < -0.4 is 0 Å². The van der Waals surface area contributed by atoms with Crippen molar-refractivity contribution in [2.75, 3.05) is 0 Å². The molecule has 4 aromatic carbocycles. The second-order valence-corrected chi connectivity index (χ2v) is 11.0. The van der Waals surface area contributed by atoms with Gasteiger partial charge in [-0.2, -0.15) is 0 Å². The van der Waals surface area contributed by atoms with Crippen molar-refractivity contribution in [3.8, 4) is 44.6 Å². The molecule has 0 bridgehead atoms. The van der Waals surface area contributed by atoms with Crippen LogP contribution in [0.5, 0.6) is 0 Å². The molecule has 0 saturated heterocycles. The third-order valence-electron chi connectivity index (χ3n) is 7.43. The highest BCUT2D eigenvalue weighted by atomic mass is 14.8. The van der Waals surface area contributed by atoms with Crippen molar-refractivity contribution >= 4 is 11.0 Å². The first-order chi connectivity index (χ1) is 18.9. The zero-order valence-electron chi connectivity index (χ0n) is 22.8. The number of hydrogen-bond acceptors (Lipinski definition) is 3. The fourth-order valence-corrected chi connectivity index (χ4v) is 5.27. The lowest BCUT2D eigenvalue weighted by Gasteiger charge is -2.19. The first kappa shape index (κ1) is 24.7. The topological polar surface area (TPSA) is 38.7 Å². The molecule has 0 spiro atoms. The van der Waals surface area contributed by atoms with Gasteiger partial charge in [-0.1, -0.05) is 99.6 Å². The maximum absolute atomic E-state index is 4.83. The van der Waals surface area contributed by atoms with E-state index in [1.165, 1.54) is 27.8 Å². The molecule has 0 radical (unpaired) electrons. The highest BCUT2D eigenvalue weighted by Crippen LogP contribution is 2.38. The Morgan fingerprint density at radius 2 is 1.13 bits per heavy atom. The van der Waals surface area contributed by atoms with Crippen LogP contribution in [0.2, 0.25) is 0 Å². The Balaban J connectivity index is 1.47. The molecule has 3 heteroatoms. The Hall–Kier alpha value is -4.63. The van der Waals surface area contributed by atoms with Gasteiger partial charge in [0.1, 0.15) is 0 Å². The first-order valence-corrected chi connectivity index (χ1v) is 13.4. The van der Waals surface area contributed by atoms with Gasteiger partial charge in [-0.05, 0) is 63.9 Å². The molecule has 39 heavy (non-hydrogen) atoms. The van der Waals surface area contributed by atoms with Gasteiger partial charge in [-0.3, -0.25) is 15.0 Å². The molecule has 6 aromatic rings. The standard InChI is InChI=1S/C36H31N3/c1-24-29(25-10-6-5-7-11-25)14-9-15-30(24)32-17-16-31(34-35(32)39-21-20-38-34)26-12-8-13-27(22-26)33-23-28(18-19-37-33)36(2,3)4/h5-23H,1-4H3. The molecule has 6 rings (SSSR count). The quantitative estimate of drug-likeness (QED) is 0.240. The van der Waals surface area contributed by atoms with Crippen molar-refractivity contribution in [1.82, 2.24) is 15.0 Å². The van der Waals surface area contributed by atoms with Crippen LogP contribution in [0.15, 0.2) is 116 Å². The largest absolute Gasteiger partial charge is 0.256 e. The third kappa shape index (κ3) is 4.72. The molecular weight excluding hydrogens is 474 g/mol. The van der Waals surface area contributed by atoms with Gasteiger partial charge < -0.3 is 0 Å². The molecule has 0 aliphatic rings. The smallest absolute Gasteiger partial charge is 0.0971 e. The Bertz CT molecular complexity index is 1800. The van der Waals surface area contributed by atoms with Gasteiger partial charge in [0.25, 0.3) is 0 Å². The summed E-state index contributed by atoms with van der Waals surface area (Å²) in [5.74, 6) is 0. The lowest BCUT2D eigenvalue weighted by Crippen LogP contribution is -2.11. The van der Waals surface area contributed by atoms with Crippen LogP contribution in [0.25, 0.3) is 55.7 Å². The van der Waals surface area contributed by atoms with Gasteiger partial charge in [0.2, 0.25) is 0 Å². The summed E-state index contributed by atoms with van der Waals surface area (Å²) in [6, 6.07) is 34.3. The Labute approximate surface area is 230 Å². The van der Waals surface area contributed by atoms with Gasteiger partial charge in [0.05, 0.1) is 16.7 Å². The average Bonchev–Trinajstić information content (AvgIpc) is 2.97. The normalized spacial score (nSPS) is 11.6. The number of pyridine rings is 1. The average molecular weight is 506 g/mol. The summed E-state index contributed by atoms with van der Waals surface area (Å²) in [5, 5.41) is 0. The molecular formula is C36H31N3. The van der Waals surface area contributed by atoms with Crippen molar-refractivity contribution in [2.45, 2.75) is 33.1 Å². The molecule has 0 unspecified atom stereocenters. The maximum atomic E-state index is 4.83. The summed E-state index contributed by atoms with van der Waals surface area (Å²) in [7, 11) is 0. The highest BCUT2D eigenvalue weighted by Gasteiger charge is 2.17. The third-order valence-corrected chi connectivity index (χ3v) is 7.43. The van der Waals surface area contributed by atoms with E-state index in [1.807, 2.05) is 6.20 Å². The number of fused-ring (bicyclic) bond motifs is 1.